The molecule has 0 radical (unpaired) electrons. The lowest BCUT2D eigenvalue weighted by atomic mass is 9.93. The number of ether oxygens (including phenoxy) is 2. The second-order valence-corrected chi connectivity index (χ2v) is 8.13. The molecule has 2 aromatic heterocycles. The summed E-state index contributed by atoms with van der Waals surface area (Å²) in [6.45, 7) is 5.45. The van der Waals surface area contributed by atoms with Crippen molar-refractivity contribution < 1.29 is 14.3 Å². The van der Waals surface area contributed by atoms with Crippen LogP contribution in [0.1, 0.15) is 48.7 Å². The number of hydrogen-bond donors (Lipinski definition) is 2. The third kappa shape index (κ3) is 4.15. The molecule has 2 N–H and O–H groups in total. The van der Waals surface area contributed by atoms with Crippen LogP contribution in [-0.2, 0) is 0 Å². The number of pyridine rings is 1. The minimum atomic E-state index is -0.0787. The van der Waals surface area contributed by atoms with Crippen LogP contribution in [0.25, 0.3) is 11.0 Å². The maximum Gasteiger partial charge on any atom is 0.261 e. The van der Waals surface area contributed by atoms with Gasteiger partial charge in [0.25, 0.3) is 5.91 Å². The van der Waals surface area contributed by atoms with Gasteiger partial charge in [-0.3, -0.25) is 9.89 Å². The van der Waals surface area contributed by atoms with Gasteiger partial charge in [-0.15, -0.1) is 0 Å². The molecule has 3 aromatic rings. The smallest absolute Gasteiger partial charge is 0.261 e. The lowest BCUT2D eigenvalue weighted by Crippen LogP contribution is -2.39. The van der Waals surface area contributed by atoms with E-state index in [0.717, 1.165) is 35.4 Å². The van der Waals surface area contributed by atoms with E-state index in [-0.39, 0.29) is 17.9 Å². The highest BCUT2D eigenvalue weighted by Gasteiger charge is 2.30. The SMILES string of the molecule is COc1cccc(OC)c1C(=O)N1CCCC(c2ccc3c(NC(C)C)n[nH]c3n2)C1. The van der Waals surface area contributed by atoms with Crippen molar-refractivity contribution in [2.45, 2.75) is 38.6 Å². The van der Waals surface area contributed by atoms with Crippen LogP contribution in [0.3, 0.4) is 0 Å². The molecule has 1 aliphatic heterocycles. The van der Waals surface area contributed by atoms with E-state index < -0.39 is 0 Å². The van der Waals surface area contributed by atoms with Gasteiger partial charge in [-0.1, -0.05) is 6.07 Å². The number of fused-ring (bicyclic) bond motifs is 1. The predicted octanol–water partition coefficient (Wildman–Crippen LogP) is 3.82. The van der Waals surface area contributed by atoms with E-state index in [2.05, 4.69) is 35.4 Å². The van der Waals surface area contributed by atoms with Crippen molar-refractivity contribution in [2.75, 3.05) is 32.6 Å². The number of benzene rings is 1. The number of methoxy groups -OCH3 is 2. The molecule has 0 saturated carbocycles. The fourth-order valence-corrected chi connectivity index (χ4v) is 4.15. The molecule has 0 spiro atoms. The summed E-state index contributed by atoms with van der Waals surface area (Å²) < 4.78 is 10.9. The molecule has 8 nitrogen and oxygen atoms in total. The number of nitrogens with zero attached hydrogens (tertiary/aromatic N) is 3. The van der Waals surface area contributed by atoms with Gasteiger partial charge < -0.3 is 19.7 Å². The maximum absolute atomic E-state index is 13.4. The van der Waals surface area contributed by atoms with Crippen molar-refractivity contribution in [1.29, 1.82) is 0 Å². The first-order valence-corrected chi connectivity index (χ1v) is 10.6. The van der Waals surface area contributed by atoms with E-state index in [0.29, 0.717) is 30.2 Å². The minimum Gasteiger partial charge on any atom is -0.496 e. The summed E-state index contributed by atoms with van der Waals surface area (Å²) in [4.78, 5) is 20.1. The number of aromatic amines is 1. The Kier molecular flexibility index (Phi) is 5.97. The van der Waals surface area contributed by atoms with Gasteiger partial charge in [0.15, 0.2) is 11.5 Å². The van der Waals surface area contributed by atoms with E-state index >= 15 is 0 Å². The standard InChI is InChI=1S/C23H29N5O3/c1-14(2)24-21-16-10-11-17(25-22(16)27-26-21)15-7-6-12-28(13-15)23(29)20-18(30-3)8-5-9-19(20)31-4/h5,8-11,14-15H,6-7,12-13H2,1-4H3,(H2,24,25,26,27). The lowest BCUT2D eigenvalue weighted by molar-refractivity contribution is 0.0699. The van der Waals surface area contributed by atoms with Crippen LogP contribution in [0.15, 0.2) is 30.3 Å². The predicted molar refractivity (Wildman–Crippen MR) is 120 cm³/mol. The highest BCUT2D eigenvalue weighted by molar-refractivity contribution is 5.99. The number of carbonyl (C=O) groups is 1. The highest BCUT2D eigenvalue weighted by atomic mass is 16.5. The van der Waals surface area contributed by atoms with Crippen LogP contribution >= 0.6 is 0 Å². The molecule has 164 valence electrons. The summed E-state index contributed by atoms with van der Waals surface area (Å²) >= 11 is 0. The molecule has 1 saturated heterocycles. The molecule has 1 unspecified atom stereocenters. The molecule has 1 atom stereocenters. The number of hydrogen-bond acceptors (Lipinski definition) is 6. The third-order valence-electron chi connectivity index (χ3n) is 5.64. The van der Waals surface area contributed by atoms with Crippen molar-refractivity contribution in [2.24, 2.45) is 0 Å². The minimum absolute atomic E-state index is 0.0787. The fourth-order valence-electron chi connectivity index (χ4n) is 4.15. The fraction of sp³-hybridized carbons (Fsp3) is 0.435. The van der Waals surface area contributed by atoms with Crippen LogP contribution in [-0.4, -0.2) is 59.3 Å². The zero-order valence-corrected chi connectivity index (χ0v) is 18.4. The molecule has 31 heavy (non-hydrogen) atoms. The molecule has 1 aliphatic rings. The van der Waals surface area contributed by atoms with Gasteiger partial charge in [0, 0.05) is 30.7 Å². The summed E-state index contributed by atoms with van der Waals surface area (Å²) in [5.41, 5.74) is 2.20. The Morgan fingerprint density at radius 2 is 1.94 bits per heavy atom. The third-order valence-corrected chi connectivity index (χ3v) is 5.64. The first-order valence-electron chi connectivity index (χ1n) is 10.6. The Balaban J connectivity index is 1.57. The highest BCUT2D eigenvalue weighted by Crippen LogP contribution is 2.33. The van der Waals surface area contributed by atoms with E-state index in [4.69, 9.17) is 14.5 Å². The number of likely N-dealkylation sites (tertiary alicyclic amines) is 1. The van der Waals surface area contributed by atoms with Crippen molar-refractivity contribution in [3.63, 3.8) is 0 Å². The van der Waals surface area contributed by atoms with Gasteiger partial charge >= 0.3 is 0 Å². The second kappa shape index (κ2) is 8.83. The first-order chi connectivity index (χ1) is 15.0. The Labute approximate surface area is 181 Å². The summed E-state index contributed by atoms with van der Waals surface area (Å²) in [7, 11) is 3.13. The van der Waals surface area contributed by atoms with Crippen molar-refractivity contribution in [3.05, 3.63) is 41.6 Å². The normalized spacial score (nSPS) is 16.5. The Morgan fingerprint density at radius 3 is 2.61 bits per heavy atom. The van der Waals surface area contributed by atoms with Gasteiger partial charge in [0.2, 0.25) is 0 Å². The van der Waals surface area contributed by atoms with Crippen molar-refractivity contribution in [3.8, 4) is 11.5 Å². The second-order valence-electron chi connectivity index (χ2n) is 8.13. The summed E-state index contributed by atoms with van der Waals surface area (Å²) in [6.07, 6.45) is 1.90. The number of carbonyl (C=O) groups excluding carboxylic acids is 1. The average molecular weight is 424 g/mol. The zero-order valence-electron chi connectivity index (χ0n) is 18.4. The van der Waals surface area contributed by atoms with Gasteiger partial charge in [0.05, 0.1) is 19.6 Å². The molecular formula is C23H29N5O3. The van der Waals surface area contributed by atoms with Crippen LogP contribution < -0.4 is 14.8 Å². The molecule has 4 rings (SSSR count). The maximum atomic E-state index is 13.4. The largest absolute Gasteiger partial charge is 0.496 e. The summed E-state index contributed by atoms with van der Waals surface area (Å²) in [5.74, 6) is 1.94. The average Bonchev–Trinajstić information content (AvgIpc) is 3.19. The molecule has 0 bridgehead atoms. The van der Waals surface area contributed by atoms with Gasteiger partial charge in [-0.2, -0.15) is 5.10 Å². The molecule has 1 amide bonds. The summed E-state index contributed by atoms with van der Waals surface area (Å²) in [6, 6.07) is 9.78. The Bertz CT molecular complexity index is 1060. The van der Waals surface area contributed by atoms with Gasteiger partial charge in [-0.05, 0) is 51.0 Å². The van der Waals surface area contributed by atoms with E-state index in [1.54, 1.807) is 26.4 Å². The number of H-pyrrole nitrogens is 1. The monoisotopic (exact) mass is 423 g/mol. The van der Waals surface area contributed by atoms with Gasteiger partial charge in [-0.25, -0.2) is 4.98 Å². The molecule has 1 fully saturated rings. The molecule has 0 aliphatic carbocycles. The number of nitrogens with one attached hydrogen (secondary N) is 2. The van der Waals surface area contributed by atoms with Crippen LogP contribution in [0, 0.1) is 0 Å². The van der Waals surface area contributed by atoms with E-state index in [9.17, 15) is 4.79 Å². The quantitative estimate of drug-likeness (QED) is 0.626. The Hall–Kier alpha value is -3.29. The Morgan fingerprint density at radius 1 is 1.19 bits per heavy atom. The van der Waals surface area contributed by atoms with Gasteiger partial charge in [0.1, 0.15) is 17.1 Å². The molecule has 1 aromatic carbocycles. The summed E-state index contributed by atoms with van der Waals surface area (Å²) in [5, 5.41) is 11.7. The number of amides is 1. The molecule has 8 heteroatoms. The number of rotatable bonds is 6. The number of piperidine rings is 1. The van der Waals surface area contributed by atoms with E-state index in [1.165, 1.54) is 0 Å². The van der Waals surface area contributed by atoms with Crippen LogP contribution in [0.5, 0.6) is 11.5 Å². The number of aromatic nitrogens is 3. The van der Waals surface area contributed by atoms with Crippen molar-refractivity contribution in [1.82, 2.24) is 20.1 Å². The topological polar surface area (TPSA) is 92.4 Å². The van der Waals surface area contributed by atoms with Crippen LogP contribution in [0.2, 0.25) is 0 Å². The first kappa shape index (κ1) is 21.0. The van der Waals surface area contributed by atoms with Crippen molar-refractivity contribution >= 4 is 22.8 Å². The molecular weight excluding hydrogens is 394 g/mol. The number of anilines is 1. The lowest BCUT2D eigenvalue weighted by Gasteiger charge is -2.33. The zero-order chi connectivity index (χ0) is 22.0. The molecule has 3 heterocycles. The van der Waals surface area contributed by atoms with E-state index in [1.807, 2.05) is 17.0 Å². The van der Waals surface area contributed by atoms with Crippen LogP contribution in [0.4, 0.5) is 5.82 Å².